The second-order valence-corrected chi connectivity index (χ2v) is 8.15. The summed E-state index contributed by atoms with van der Waals surface area (Å²) in [6, 6.07) is 25.8. The van der Waals surface area contributed by atoms with Crippen molar-refractivity contribution in [1.29, 1.82) is 0 Å². The van der Waals surface area contributed by atoms with Crippen molar-refractivity contribution in [2.75, 3.05) is 18.1 Å². The third kappa shape index (κ3) is 5.73. The fourth-order valence-electron chi connectivity index (χ4n) is 4.04. The van der Waals surface area contributed by atoms with Crippen LogP contribution in [0.1, 0.15) is 36.5 Å². The Balaban J connectivity index is 1.34. The number of anilines is 1. The maximum atomic E-state index is 13.1. The number of rotatable bonds is 10. The second kappa shape index (κ2) is 11.3. The Labute approximate surface area is 200 Å². The lowest BCUT2D eigenvalue weighted by Gasteiger charge is -2.17. The average molecular weight is 456 g/mol. The second-order valence-electron chi connectivity index (χ2n) is 8.15. The van der Waals surface area contributed by atoms with Gasteiger partial charge < -0.3 is 14.4 Å². The largest absolute Gasteiger partial charge is 0.494 e. The molecule has 0 fully saturated rings. The molecule has 5 nitrogen and oxygen atoms in total. The molecule has 0 N–H and O–H groups in total. The molecule has 1 amide bonds. The van der Waals surface area contributed by atoms with Gasteiger partial charge in [0.15, 0.2) is 0 Å². The molecule has 5 heteroatoms. The van der Waals surface area contributed by atoms with Crippen molar-refractivity contribution in [1.82, 2.24) is 0 Å². The van der Waals surface area contributed by atoms with Crippen LogP contribution in [0.5, 0.6) is 5.75 Å². The summed E-state index contributed by atoms with van der Waals surface area (Å²) in [6.45, 7) is 3.09. The summed E-state index contributed by atoms with van der Waals surface area (Å²) in [5, 5.41) is 0. The number of nitrogens with zero attached hydrogens (tertiary/aromatic N) is 1. The van der Waals surface area contributed by atoms with Gasteiger partial charge >= 0.3 is 5.97 Å². The molecular formula is C29H29NO4. The lowest BCUT2D eigenvalue weighted by molar-refractivity contribution is -0.137. The molecule has 3 aromatic rings. The van der Waals surface area contributed by atoms with Crippen LogP contribution in [0, 0.1) is 0 Å². The van der Waals surface area contributed by atoms with E-state index in [2.05, 4.69) is 24.3 Å². The quantitative estimate of drug-likeness (QED) is 0.227. The van der Waals surface area contributed by atoms with Crippen LogP contribution < -0.4 is 9.64 Å². The van der Waals surface area contributed by atoms with Crippen LogP contribution in [0.25, 0.3) is 5.57 Å². The van der Waals surface area contributed by atoms with E-state index in [0.29, 0.717) is 18.7 Å². The minimum absolute atomic E-state index is 0.201. The molecule has 0 atom stereocenters. The molecule has 174 valence electrons. The van der Waals surface area contributed by atoms with Crippen LogP contribution in [0.3, 0.4) is 0 Å². The van der Waals surface area contributed by atoms with Gasteiger partial charge in [0.25, 0.3) is 5.91 Å². The molecule has 0 saturated heterocycles. The van der Waals surface area contributed by atoms with Crippen molar-refractivity contribution in [2.24, 2.45) is 0 Å². The Kier molecular flexibility index (Phi) is 7.76. The Morgan fingerprint density at radius 2 is 1.62 bits per heavy atom. The Hall–Kier alpha value is -3.86. The van der Waals surface area contributed by atoms with Gasteiger partial charge in [-0.3, -0.25) is 4.79 Å². The molecule has 3 aromatic carbocycles. The number of hydrogen-bond donors (Lipinski definition) is 0. The maximum absolute atomic E-state index is 13.1. The molecular weight excluding hydrogens is 426 g/mol. The normalized spacial score (nSPS) is 13.7. The minimum atomic E-state index is -0.507. The van der Waals surface area contributed by atoms with Crippen molar-refractivity contribution in [3.8, 4) is 5.75 Å². The maximum Gasteiger partial charge on any atom is 0.331 e. The number of carbonyl (C=O) groups excluding carboxylic acids is 2. The number of benzene rings is 3. The van der Waals surface area contributed by atoms with Crippen LogP contribution in [0.4, 0.5) is 5.69 Å². The fraction of sp³-hybridized carbons (Fsp3) is 0.241. The number of esters is 1. The molecule has 34 heavy (non-hydrogen) atoms. The zero-order chi connectivity index (χ0) is 23.8. The van der Waals surface area contributed by atoms with Gasteiger partial charge in [0.2, 0.25) is 0 Å². The van der Waals surface area contributed by atoms with Gasteiger partial charge in [0, 0.05) is 11.6 Å². The molecule has 1 aliphatic rings. The summed E-state index contributed by atoms with van der Waals surface area (Å²) in [5.74, 6) is 0.111. The van der Waals surface area contributed by atoms with E-state index in [4.69, 9.17) is 9.47 Å². The predicted molar refractivity (Wildman–Crippen MR) is 134 cm³/mol. The smallest absolute Gasteiger partial charge is 0.331 e. The third-order valence-electron chi connectivity index (χ3n) is 5.74. The molecule has 0 aromatic heterocycles. The molecule has 1 heterocycles. The summed E-state index contributed by atoms with van der Waals surface area (Å²) >= 11 is 0. The van der Waals surface area contributed by atoms with Gasteiger partial charge in [0.05, 0.1) is 31.0 Å². The molecule has 0 bridgehead atoms. The third-order valence-corrected chi connectivity index (χ3v) is 5.74. The first-order chi connectivity index (χ1) is 16.7. The van der Waals surface area contributed by atoms with Gasteiger partial charge in [-0.1, -0.05) is 60.7 Å². The van der Waals surface area contributed by atoms with Gasteiger partial charge in [-0.15, -0.1) is 0 Å². The van der Waals surface area contributed by atoms with Crippen LogP contribution in [-0.2, 0) is 27.3 Å². The highest BCUT2D eigenvalue weighted by molar-refractivity contribution is 6.34. The van der Waals surface area contributed by atoms with E-state index in [9.17, 15) is 9.59 Å². The highest BCUT2D eigenvalue weighted by Crippen LogP contribution is 2.37. The number of fused-ring (bicyclic) bond motifs is 1. The first-order valence-corrected chi connectivity index (χ1v) is 11.7. The lowest BCUT2D eigenvalue weighted by Crippen LogP contribution is -2.25. The standard InChI is InChI=1S/C29H29NO4/c1-2-33-28(31)20-26-25-13-6-7-14-27(25)30(29(26)32)21-23-15-17-24(18-16-23)34-19-9-8-12-22-10-4-3-5-11-22/h3-7,10-11,13-18,20H,2,8-9,12,19,21H2,1H3/b26-20+. The Morgan fingerprint density at radius 1 is 0.882 bits per heavy atom. The average Bonchev–Trinajstić information content (AvgIpc) is 3.11. The van der Waals surface area contributed by atoms with Crippen LogP contribution in [-0.4, -0.2) is 25.1 Å². The van der Waals surface area contributed by atoms with E-state index in [-0.39, 0.29) is 12.5 Å². The van der Waals surface area contributed by atoms with E-state index in [1.165, 1.54) is 11.6 Å². The van der Waals surface area contributed by atoms with Crippen LogP contribution in [0.15, 0.2) is 84.9 Å². The summed E-state index contributed by atoms with van der Waals surface area (Å²) in [4.78, 5) is 26.8. The SMILES string of the molecule is CCOC(=O)/C=C1/C(=O)N(Cc2ccc(OCCCCc3ccccc3)cc2)c2ccccc21. The van der Waals surface area contributed by atoms with Crippen molar-refractivity contribution in [2.45, 2.75) is 32.7 Å². The number of ether oxygens (including phenoxy) is 2. The van der Waals surface area contributed by atoms with Gasteiger partial charge in [-0.2, -0.15) is 0 Å². The molecule has 0 unspecified atom stereocenters. The molecule has 0 spiro atoms. The molecule has 4 rings (SSSR count). The summed E-state index contributed by atoms with van der Waals surface area (Å²) in [7, 11) is 0. The highest BCUT2D eigenvalue weighted by atomic mass is 16.5. The Bertz CT molecular complexity index is 1150. The van der Waals surface area contributed by atoms with Gasteiger partial charge in [-0.05, 0) is 55.5 Å². The minimum Gasteiger partial charge on any atom is -0.494 e. The lowest BCUT2D eigenvalue weighted by atomic mass is 10.1. The summed E-state index contributed by atoms with van der Waals surface area (Å²) in [6.07, 6.45) is 4.42. The fourth-order valence-corrected chi connectivity index (χ4v) is 4.04. The van der Waals surface area contributed by atoms with E-state index in [1.54, 1.807) is 11.8 Å². The van der Waals surface area contributed by atoms with E-state index in [1.807, 2.05) is 54.6 Å². The van der Waals surface area contributed by atoms with Gasteiger partial charge in [0.1, 0.15) is 5.75 Å². The molecule has 0 saturated carbocycles. The van der Waals surface area contributed by atoms with E-state index in [0.717, 1.165) is 41.8 Å². The van der Waals surface area contributed by atoms with Crippen molar-refractivity contribution >= 4 is 23.1 Å². The number of unbranched alkanes of at least 4 members (excludes halogenated alkanes) is 1. The molecule has 0 aliphatic carbocycles. The zero-order valence-electron chi connectivity index (χ0n) is 19.4. The number of aryl methyl sites for hydroxylation is 1. The van der Waals surface area contributed by atoms with Crippen molar-refractivity contribution in [3.63, 3.8) is 0 Å². The zero-order valence-corrected chi connectivity index (χ0v) is 19.4. The van der Waals surface area contributed by atoms with Crippen molar-refractivity contribution < 1.29 is 19.1 Å². The summed E-state index contributed by atoms with van der Waals surface area (Å²) in [5.41, 5.74) is 4.24. The topological polar surface area (TPSA) is 55.8 Å². The van der Waals surface area contributed by atoms with Gasteiger partial charge in [-0.25, -0.2) is 4.79 Å². The van der Waals surface area contributed by atoms with E-state index >= 15 is 0 Å². The van der Waals surface area contributed by atoms with E-state index < -0.39 is 5.97 Å². The highest BCUT2D eigenvalue weighted by Gasteiger charge is 2.32. The van der Waals surface area contributed by atoms with Crippen LogP contribution in [0.2, 0.25) is 0 Å². The first kappa shape index (κ1) is 23.3. The number of hydrogen-bond acceptors (Lipinski definition) is 4. The predicted octanol–water partition coefficient (Wildman–Crippen LogP) is 5.58. The summed E-state index contributed by atoms with van der Waals surface area (Å²) < 4.78 is 10.9. The number of para-hydroxylation sites is 1. The first-order valence-electron chi connectivity index (χ1n) is 11.7. The molecule has 1 aliphatic heterocycles. The van der Waals surface area contributed by atoms with Crippen molar-refractivity contribution in [3.05, 3.63) is 102 Å². The molecule has 0 radical (unpaired) electrons. The number of carbonyl (C=O) groups is 2. The Morgan fingerprint density at radius 3 is 2.38 bits per heavy atom. The monoisotopic (exact) mass is 455 g/mol. The number of amides is 1. The van der Waals surface area contributed by atoms with Crippen LogP contribution >= 0.6 is 0 Å².